The molecule has 1 aromatic rings. The molecule has 0 aliphatic carbocycles. The van der Waals surface area contributed by atoms with Gasteiger partial charge < -0.3 is 20.3 Å². The summed E-state index contributed by atoms with van der Waals surface area (Å²) in [4.78, 5) is 18.9. The number of rotatable bonds is 5. The van der Waals surface area contributed by atoms with Crippen molar-refractivity contribution in [3.8, 4) is 0 Å². The van der Waals surface area contributed by atoms with Crippen LogP contribution < -0.4 is 15.5 Å². The number of aromatic nitrogens is 1. The average molecular weight is 310 g/mol. The second-order valence-electron chi connectivity index (χ2n) is 5.42. The monoisotopic (exact) mass is 310 g/mol. The van der Waals surface area contributed by atoms with E-state index in [-0.39, 0.29) is 12.0 Å². The van der Waals surface area contributed by atoms with Crippen LogP contribution in [0.1, 0.15) is 18.5 Å². The number of nitrogens with one attached hydrogen (secondary N) is 2. The van der Waals surface area contributed by atoms with Crippen LogP contribution in [0.5, 0.6) is 0 Å². The minimum absolute atomic E-state index is 0.0304. The number of amides is 1. The van der Waals surface area contributed by atoms with E-state index >= 15 is 0 Å². The summed E-state index contributed by atoms with van der Waals surface area (Å²) < 4.78 is 5.42. The molecular formula is C14H22N4O2S. The molecule has 2 saturated heterocycles. The molecule has 1 amide bonds. The Hall–Kier alpha value is -1.18. The standard InChI is InChI=1S/C14H22N4O2S/c19-13(12-9-15-5-8-20-12)16-4-3-11-10-21-14(17-11)18-6-1-2-7-18/h10,12,15H,1-9H2,(H,16,19). The predicted molar refractivity (Wildman–Crippen MR) is 82.9 cm³/mol. The Kier molecular flexibility index (Phi) is 5.05. The Morgan fingerprint density at radius 3 is 3.14 bits per heavy atom. The van der Waals surface area contributed by atoms with Gasteiger partial charge in [-0.05, 0) is 12.8 Å². The molecule has 2 aliphatic heterocycles. The Labute approximate surface area is 128 Å². The fraction of sp³-hybridized carbons (Fsp3) is 0.714. The number of hydrogen-bond donors (Lipinski definition) is 2. The second kappa shape index (κ2) is 7.20. The molecule has 3 rings (SSSR count). The molecule has 21 heavy (non-hydrogen) atoms. The molecule has 2 N–H and O–H groups in total. The molecule has 1 aromatic heterocycles. The maximum absolute atomic E-state index is 11.9. The SMILES string of the molecule is O=C(NCCc1csc(N2CCCC2)n1)C1CNCCO1. The molecule has 2 fully saturated rings. The topological polar surface area (TPSA) is 66.5 Å². The maximum Gasteiger partial charge on any atom is 0.250 e. The number of carbonyl (C=O) groups is 1. The molecule has 7 heteroatoms. The molecule has 1 atom stereocenters. The Morgan fingerprint density at radius 1 is 1.52 bits per heavy atom. The van der Waals surface area contributed by atoms with Crippen LogP contribution in [0, 0.1) is 0 Å². The van der Waals surface area contributed by atoms with Gasteiger partial charge in [0.1, 0.15) is 6.10 Å². The summed E-state index contributed by atoms with van der Waals surface area (Å²) in [5.41, 5.74) is 1.06. The van der Waals surface area contributed by atoms with Crippen LogP contribution in [-0.4, -0.2) is 56.3 Å². The van der Waals surface area contributed by atoms with Gasteiger partial charge >= 0.3 is 0 Å². The summed E-state index contributed by atoms with van der Waals surface area (Å²) >= 11 is 1.70. The molecule has 6 nitrogen and oxygen atoms in total. The van der Waals surface area contributed by atoms with Crippen LogP contribution >= 0.6 is 11.3 Å². The lowest BCUT2D eigenvalue weighted by molar-refractivity contribution is -0.134. The normalized spacial score (nSPS) is 22.5. The van der Waals surface area contributed by atoms with E-state index < -0.39 is 0 Å². The summed E-state index contributed by atoms with van der Waals surface area (Å²) in [5.74, 6) is -0.0304. The van der Waals surface area contributed by atoms with Crippen LogP contribution in [0.2, 0.25) is 0 Å². The highest BCUT2D eigenvalue weighted by molar-refractivity contribution is 7.13. The first kappa shape index (κ1) is 14.7. The Morgan fingerprint density at radius 2 is 2.38 bits per heavy atom. The third kappa shape index (κ3) is 3.93. The molecule has 3 heterocycles. The summed E-state index contributed by atoms with van der Waals surface area (Å²) in [6.45, 7) is 4.88. The molecule has 116 valence electrons. The van der Waals surface area contributed by atoms with Gasteiger partial charge in [-0.1, -0.05) is 0 Å². The lowest BCUT2D eigenvalue weighted by atomic mass is 10.2. The van der Waals surface area contributed by atoms with Gasteiger partial charge in [0.15, 0.2) is 5.13 Å². The third-order valence-electron chi connectivity index (χ3n) is 3.82. The zero-order valence-electron chi connectivity index (χ0n) is 12.1. The third-order valence-corrected chi connectivity index (χ3v) is 4.77. The van der Waals surface area contributed by atoms with Gasteiger partial charge in [0.25, 0.3) is 0 Å². The molecule has 0 saturated carbocycles. The molecule has 2 aliphatic rings. The van der Waals surface area contributed by atoms with E-state index in [4.69, 9.17) is 4.74 Å². The van der Waals surface area contributed by atoms with Crippen LogP contribution in [-0.2, 0) is 16.0 Å². The van der Waals surface area contributed by atoms with Gasteiger partial charge in [-0.15, -0.1) is 11.3 Å². The number of thiazole rings is 1. The van der Waals surface area contributed by atoms with Gasteiger partial charge in [-0.25, -0.2) is 4.98 Å². The Balaban J connectivity index is 1.41. The van der Waals surface area contributed by atoms with Crippen molar-refractivity contribution in [2.45, 2.75) is 25.4 Å². The zero-order valence-corrected chi connectivity index (χ0v) is 13.0. The summed E-state index contributed by atoms with van der Waals surface area (Å²) in [5, 5.41) is 9.30. The van der Waals surface area contributed by atoms with E-state index in [1.807, 2.05) is 0 Å². The number of hydrogen-bond acceptors (Lipinski definition) is 6. The highest BCUT2D eigenvalue weighted by Crippen LogP contribution is 2.24. The summed E-state index contributed by atoms with van der Waals surface area (Å²) in [6, 6.07) is 0. The van der Waals surface area contributed by atoms with Gasteiger partial charge in [0.05, 0.1) is 12.3 Å². The van der Waals surface area contributed by atoms with Gasteiger partial charge in [0, 0.05) is 44.5 Å². The molecule has 0 spiro atoms. The first-order valence-electron chi connectivity index (χ1n) is 7.62. The number of anilines is 1. The minimum Gasteiger partial charge on any atom is -0.366 e. The summed E-state index contributed by atoms with van der Waals surface area (Å²) in [6.07, 6.45) is 2.95. The van der Waals surface area contributed by atoms with Crippen molar-refractivity contribution < 1.29 is 9.53 Å². The van der Waals surface area contributed by atoms with Crippen LogP contribution in [0.4, 0.5) is 5.13 Å². The maximum atomic E-state index is 11.9. The highest BCUT2D eigenvalue weighted by Gasteiger charge is 2.21. The van der Waals surface area contributed by atoms with E-state index in [0.717, 1.165) is 36.9 Å². The van der Waals surface area contributed by atoms with E-state index in [9.17, 15) is 4.79 Å². The second-order valence-corrected chi connectivity index (χ2v) is 6.26. The van der Waals surface area contributed by atoms with E-state index in [0.29, 0.717) is 19.7 Å². The van der Waals surface area contributed by atoms with Crippen molar-refractivity contribution in [1.82, 2.24) is 15.6 Å². The quantitative estimate of drug-likeness (QED) is 0.824. The largest absolute Gasteiger partial charge is 0.366 e. The first-order chi connectivity index (χ1) is 10.3. The summed E-state index contributed by atoms with van der Waals surface area (Å²) in [7, 11) is 0. The van der Waals surface area contributed by atoms with Gasteiger partial charge in [-0.2, -0.15) is 0 Å². The highest BCUT2D eigenvalue weighted by atomic mass is 32.1. The molecule has 0 bridgehead atoms. The van der Waals surface area contributed by atoms with Crippen molar-refractivity contribution >= 4 is 22.4 Å². The van der Waals surface area contributed by atoms with E-state index in [1.165, 1.54) is 12.8 Å². The minimum atomic E-state index is -0.352. The smallest absolute Gasteiger partial charge is 0.250 e. The number of nitrogens with zero attached hydrogens (tertiary/aromatic N) is 2. The van der Waals surface area contributed by atoms with Crippen LogP contribution in [0.15, 0.2) is 5.38 Å². The van der Waals surface area contributed by atoms with Crippen LogP contribution in [0.25, 0.3) is 0 Å². The lowest BCUT2D eigenvalue weighted by Crippen LogP contribution is -2.48. The number of carbonyl (C=O) groups excluding carboxylic acids is 1. The molecular weight excluding hydrogens is 288 g/mol. The molecule has 0 aromatic carbocycles. The van der Waals surface area contributed by atoms with Crippen molar-refractivity contribution in [2.75, 3.05) is 44.2 Å². The predicted octanol–water partition coefficient (Wildman–Crippen LogP) is 0.390. The zero-order chi connectivity index (χ0) is 14.5. The molecule has 1 unspecified atom stereocenters. The van der Waals surface area contributed by atoms with Crippen molar-refractivity contribution in [2.24, 2.45) is 0 Å². The van der Waals surface area contributed by atoms with Gasteiger partial charge in [0.2, 0.25) is 5.91 Å². The first-order valence-corrected chi connectivity index (χ1v) is 8.50. The van der Waals surface area contributed by atoms with Gasteiger partial charge in [-0.3, -0.25) is 4.79 Å². The lowest BCUT2D eigenvalue weighted by Gasteiger charge is -2.22. The van der Waals surface area contributed by atoms with Crippen LogP contribution in [0.3, 0.4) is 0 Å². The number of ether oxygens (including phenoxy) is 1. The average Bonchev–Trinajstić information content (AvgIpc) is 3.19. The van der Waals surface area contributed by atoms with Crippen molar-refractivity contribution in [3.63, 3.8) is 0 Å². The van der Waals surface area contributed by atoms with E-state index in [1.54, 1.807) is 11.3 Å². The molecule has 0 radical (unpaired) electrons. The van der Waals surface area contributed by atoms with Crippen molar-refractivity contribution in [1.29, 1.82) is 0 Å². The Bertz CT molecular complexity index is 467. The van der Waals surface area contributed by atoms with Crippen molar-refractivity contribution in [3.05, 3.63) is 11.1 Å². The fourth-order valence-electron chi connectivity index (χ4n) is 2.63. The fourth-order valence-corrected chi connectivity index (χ4v) is 3.54. The van der Waals surface area contributed by atoms with E-state index in [2.05, 4.69) is 25.9 Å². The number of morpholine rings is 1.